The lowest BCUT2D eigenvalue weighted by atomic mass is 9.86. The zero-order chi connectivity index (χ0) is 18.7. The van der Waals surface area contributed by atoms with E-state index in [1.165, 1.54) is 0 Å². The highest BCUT2D eigenvalue weighted by Crippen LogP contribution is 2.37. The minimum atomic E-state index is -5.00. The highest BCUT2D eigenvalue weighted by molar-refractivity contribution is 7.82. The lowest BCUT2D eigenvalue weighted by molar-refractivity contribution is -0.223. The Kier molecular flexibility index (Phi) is 7.40. The molecule has 24 heavy (non-hydrogen) atoms. The number of ether oxygens (including phenoxy) is 1. The number of hydrogen-bond acceptors (Lipinski definition) is 11. The molecular formula is C11H21NO10S2. The molecule has 0 amide bonds. The van der Waals surface area contributed by atoms with Crippen molar-refractivity contribution in [2.24, 2.45) is 11.1 Å². The molecule has 1 unspecified atom stereocenters. The Labute approximate surface area is 143 Å². The van der Waals surface area contributed by atoms with Crippen molar-refractivity contribution in [3.05, 3.63) is 0 Å². The van der Waals surface area contributed by atoms with E-state index < -0.39 is 64.6 Å². The predicted molar refractivity (Wildman–Crippen MR) is 82.6 cm³/mol. The smallest absolute Gasteiger partial charge is 0.396 e. The van der Waals surface area contributed by atoms with Crippen molar-refractivity contribution in [2.75, 3.05) is 13.2 Å². The number of rotatable bonds is 7. The molecule has 0 aliphatic carbocycles. The van der Waals surface area contributed by atoms with Gasteiger partial charge < -0.3 is 30.3 Å². The van der Waals surface area contributed by atoms with Crippen LogP contribution in [0.3, 0.4) is 0 Å². The lowest BCUT2D eigenvalue weighted by Crippen LogP contribution is -2.66. The van der Waals surface area contributed by atoms with E-state index in [1.54, 1.807) is 6.92 Å². The van der Waals surface area contributed by atoms with E-state index in [0.717, 1.165) is 0 Å². The van der Waals surface area contributed by atoms with Crippen LogP contribution in [0.25, 0.3) is 0 Å². The summed E-state index contributed by atoms with van der Waals surface area (Å²) < 4.78 is 39.4. The van der Waals surface area contributed by atoms with Gasteiger partial charge in [-0.25, -0.2) is 4.28 Å². The van der Waals surface area contributed by atoms with Crippen molar-refractivity contribution in [1.82, 2.24) is 0 Å². The second-order valence-corrected chi connectivity index (χ2v) is 6.90. The van der Waals surface area contributed by atoms with Crippen LogP contribution >= 0.6 is 12.6 Å². The van der Waals surface area contributed by atoms with Gasteiger partial charge in [0.2, 0.25) is 0 Å². The van der Waals surface area contributed by atoms with Gasteiger partial charge in [0, 0.05) is 5.92 Å². The third kappa shape index (κ3) is 4.56. The molecule has 11 nitrogen and oxygen atoms in total. The first-order valence-corrected chi connectivity index (χ1v) is 8.73. The molecule has 6 N–H and O–H groups in total. The molecule has 1 aliphatic heterocycles. The van der Waals surface area contributed by atoms with Gasteiger partial charge in [0.05, 0.1) is 13.2 Å². The van der Waals surface area contributed by atoms with Crippen molar-refractivity contribution < 1.29 is 47.5 Å². The minimum Gasteiger partial charge on any atom is -0.396 e. The third-order valence-electron chi connectivity index (χ3n) is 3.66. The SMILES string of the molecule is CCC(CO)/C(=N\OS(=O)(=O)O)[C@@]1(S)O[C@H](CO)[C@@H](O)[C@H](O)[C@H]1O. The first kappa shape index (κ1) is 21.5. The van der Waals surface area contributed by atoms with Crippen LogP contribution in [0.4, 0.5) is 0 Å². The predicted octanol–water partition coefficient (Wildman–Crippen LogP) is -2.72. The van der Waals surface area contributed by atoms with Crippen molar-refractivity contribution >= 4 is 28.7 Å². The van der Waals surface area contributed by atoms with E-state index in [1.807, 2.05) is 0 Å². The maximum atomic E-state index is 10.7. The fraction of sp³-hybridized carbons (Fsp3) is 0.909. The highest BCUT2D eigenvalue weighted by atomic mass is 32.3. The fourth-order valence-electron chi connectivity index (χ4n) is 2.29. The number of thiol groups is 1. The molecule has 1 aliphatic rings. The molecule has 1 fully saturated rings. The van der Waals surface area contributed by atoms with Gasteiger partial charge in [-0.15, -0.1) is 12.6 Å². The quantitative estimate of drug-likeness (QED) is 0.104. The normalized spacial score (nSPS) is 36.4. The largest absolute Gasteiger partial charge is 0.466 e. The van der Waals surface area contributed by atoms with Gasteiger partial charge in [0.15, 0.2) is 4.93 Å². The summed E-state index contributed by atoms with van der Waals surface area (Å²) in [5.41, 5.74) is -0.453. The first-order chi connectivity index (χ1) is 11.0. The van der Waals surface area contributed by atoms with E-state index in [0.29, 0.717) is 0 Å². The molecule has 0 aromatic carbocycles. The molecule has 142 valence electrons. The molecule has 0 saturated carbocycles. The topological polar surface area (TPSA) is 186 Å². The van der Waals surface area contributed by atoms with Gasteiger partial charge in [-0.05, 0) is 6.42 Å². The molecule has 0 aromatic heterocycles. The van der Waals surface area contributed by atoms with Crippen molar-refractivity contribution in [2.45, 2.75) is 42.7 Å². The summed E-state index contributed by atoms with van der Waals surface area (Å²) in [6, 6.07) is 0. The molecule has 6 atom stereocenters. The number of nitrogens with zero attached hydrogens (tertiary/aromatic N) is 1. The summed E-state index contributed by atoms with van der Waals surface area (Å²) in [6.45, 7) is 0.256. The highest BCUT2D eigenvalue weighted by Gasteiger charge is 2.55. The monoisotopic (exact) mass is 391 g/mol. The molecule has 0 radical (unpaired) electrons. The number of aliphatic hydroxyl groups excluding tert-OH is 5. The number of hydrogen-bond donors (Lipinski definition) is 7. The molecule has 1 saturated heterocycles. The lowest BCUT2D eigenvalue weighted by Gasteiger charge is -2.47. The van der Waals surface area contributed by atoms with Gasteiger partial charge in [-0.2, -0.15) is 8.42 Å². The second-order valence-electron chi connectivity index (χ2n) is 5.23. The maximum absolute atomic E-state index is 10.7. The second kappa shape index (κ2) is 8.25. The Morgan fingerprint density at radius 2 is 1.92 bits per heavy atom. The first-order valence-electron chi connectivity index (χ1n) is 6.92. The Bertz CT molecular complexity index is 549. The summed E-state index contributed by atoms with van der Waals surface area (Å²) in [4.78, 5) is -2.21. The summed E-state index contributed by atoms with van der Waals surface area (Å²) in [5, 5.41) is 51.7. The van der Waals surface area contributed by atoms with Crippen LogP contribution < -0.4 is 0 Å². The maximum Gasteiger partial charge on any atom is 0.466 e. The summed E-state index contributed by atoms with van der Waals surface area (Å²) in [5.74, 6) is -0.930. The molecule has 0 spiro atoms. The van der Waals surface area contributed by atoms with Gasteiger partial charge in [0.25, 0.3) is 0 Å². The van der Waals surface area contributed by atoms with Crippen molar-refractivity contribution in [1.29, 1.82) is 0 Å². The van der Waals surface area contributed by atoms with Crippen LogP contribution in [0, 0.1) is 5.92 Å². The zero-order valence-corrected chi connectivity index (χ0v) is 14.3. The summed E-state index contributed by atoms with van der Waals surface area (Å²) in [6.07, 6.45) is -6.59. The molecule has 0 bridgehead atoms. The molecule has 1 heterocycles. The number of aliphatic hydroxyl groups is 5. The number of oxime groups is 1. The van der Waals surface area contributed by atoms with Crippen LogP contribution in [0.15, 0.2) is 5.16 Å². The fourth-order valence-corrected chi connectivity index (χ4v) is 2.98. The van der Waals surface area contributed by atoms with Crippen molar-refractivity contribution in [3.63, 3.8) is 0 Å². The zero-order valence-electron chi connectivity index (χ0n) is 12.6. The Morgan fingerprint density at radius 3 is 2.33 bits per heavy atom. The molecule has 0 aromatic rings. The minimum absolute atomic E-state index is 0.172. The summed E-state index contributed by atoms with van der Waals surface area (Å²) in [7, 11) is -5.00. The van der Waals surface area contributed by atoms with Crippen molar-refractivity contribution in [3.8, 4) is 0 Å². The van der Waals surface area contributed by atoms with E-state index in [9.17, 15) is 34.0 Å². The Balaban J connectivity index is 3.36. The summed E-state index contributed by atoms with van der Waals surface area (Å²) >= 11 is 4.08. The van der Waals surface area contributed by atoms with Crippen LogP contribution in [-0.2, 0) is 19.4 Å². The molecule has 1 rings (SSSR count). The van der Waals surface area contributed by atoms with E-state index in [2.05, 4.69) is 22.1 Å². The van der Waals surface area contributed by atoms with Crippen LogP contribution in [0.2, 0.25) is 0 Å². The van der Waals surface area contributed by atoms with Gasteiger partial charge >= 0.3 is 10.4 Å². The van der Waals surface area contributed by atoms with Gasteiger partial charge in [0.1, 0.15) is 30.1 Å². The molecule has 13 heteroatoms. The Morgan fingerprint density at radius 1 is 1.33 bits per heavy atom. The van der Waals surface area contributed by atoms with Gasteiger partial charge in [-0.1, -0.05) is 12.1 Å². The van der Waals surface area contributed by atoms with E-state index in [-0.39, 0.29) is 6.42 Å². The average molecular weight is 391 g/mol. The molecular weight excluding hydrogens is 370 g/mol. The van der Waals surface area contributed by atoms with Crippen LogP contribution in [0.5, 0.6) is 0 Å². The Hall–Kier alpha value is -0.510. The van der Waals surface area contributed by atoms with Crippen LogP contribution in [0.1, 0.15) is 13.3 Å². The van der Waals surface area contributed by atoms with Gasteiger partial charge in [-0.3, -0.25) is 4.55 Å². The van der Waals surface area contributed by atoms with E-state index >= 15 is 0 Å². The standard InChI is InChI=1S/C11H21NO10S2/c1-2-5(3-13)9(12-22-24(18,19)20)11(23)10(17)8(16)7(15)6(4-14)21-11/h5-8,10,13-17,23H,2-4H2,1H3,(H,18,19,20)/b12-9+/t5?,6-,7-,8+,10-,11+/m1/s1. The third-order valence-corrected chi connectivity index (χ3v) is 4.52. The average Bonchev–Trinajstić information content (AvgIpc) is 2.52. The van der Waals surface area contributed by atoms with Crippen LogP contribution in [-0.4, -0.2) is 86.8 Å². The van der Waals surface area contributed by atoms with E-state index in [4.69, 9.17) is 9.29 Å².